The topological polar surface area (TPSA) is 52.5 Å². The van der Waals surface area contributed by atoms with Crippen LogP contribution in [0.2, 0.25) is 0 Å². The third-order valence-corrected chi connectivity index (χ3v) is 2.43. The van der Waals surface area contributed by atoms with E-state index in [0.29, 0.717) is 0 Å². The largest absolute Gasteiger partial charge is 0.277 e. The van der Waals surface area contributed by atoms with Gasteiger partial charge in [0.25, 0.3) is 0 Å². The summed E-state index contributed by atoms with van der Waals surface area (Å²) in [5.74, 6) is 0. The van der Waals surface area contributed by atoms with Crippen LogP contribution in [-0.2, 0) is 5.41 Å². The quantitative estimate of drug-likeness (QED) is 0.741. The van der Waals surface area contributed by atoms with Crippen LogP contribution in [0.3, 0.4) is 0 Å². The number of H-pyrrole nitrogens is 1. The molecule has 0 aliphatic rings. The van der Waals surface area contributed by atoms with E-state index in [2.05, 4.69) is 16.3 Å². The summed E-state index contributed by atoms with van der Waals surface area (Å²) in [4.78, 5) is 0. The number of nitrogens with one attached hydrogen (secondary N) is 1. The normalized spacial score (nSPS) is 11.5. The van der Waals surface area contributed by atoms with Crippen LogP contribution in [-0.4, -0.2) is 10.2 Å². The Morgan fingerprint density at radius 2 is 2.21 bits per heavy atom. The molecule has 0 radical (unpaired) electrons. The van der Waals surface area contributed by atoms with Crippen LogP contribution in [0.15, 0.2) is 24.4 Å². The van der Waals surface area contributed by atoms with Crippen molar-refractivity contribution in [1.82, 2.24) is 10.2 Å². The Morgan fingerprint density at radius 1 is 1.43 bits per heavy atom. The van der Waals surface area contributed by atoms with Crippen molar-refractivity contribution in [3.63, 3.8) is 0 Å². The fraction of sp³-hybridized carbons (Fsp3) is 0.273. The average molecular weight is 185 g/mol. The van der Waals surface area contributed by atoms with Gasteiger partial charge >= 0.3 is 0 Å². The van der Waals surface area contributed by atoms with Gasteiger partial charge in [-0.05, 0) is 19.4 Å². The number of nitriles is 1. The average Bonchev–Trinajstić information content (AvgIpc) is 2.64. The molecular formula is C11H11N3. The fourth-order valence-electron chi connectivity index (χ4n) is 1.55. The molecule has 0 unspecified atom stereocenters. The van der Waals surface area contributed by atoms with Gasteiger partial charge in [-0.15, -0.1) is 0 Å². The van der Waals surface area contributed by atoms with Crippen LogP contribution in [0.1, 0.15) is 19.4 Å². The second kappa shape index (κ2) is 2.85. The number of hydrogen-bond donors (Lipinski definition) is 1. The summed E-state index contributed by atoms with van der Waals surface area (Å²) in [6.45, 7) is 3.81. The Bertz CT molecular complexity index is 502. The molecule has 14 heavy (non-hydrogen) atoms. The second-order valence-corrected chi connectivity index (χ2v) is 3.88. The first kappa shape index (κ1) is 8.76. The maximum Gasteiger partial charge on any atom is 0.0787 e. The Hall–Kier alpha value is -1.82. The van der Waals surface area contributed by atoms with E-state index in [9.17, 15) is 0 Å². The maximum absolute atomic E-state index is 9.06. The third-order valence-electron chi connectivity index (χ3n) is 2.43. The van der Waals surface area contributed by atoms with Crippen molar-refractivity contribution in [3.05, 3.63) is 30.0 Å². The van der Waals surface area contributed by atoms with E-state index in [-0.39, 0.29) is 0 Å². The zero-order valence-corrected chi connectivity index (χ0v) is 8.20. The van der Waals surface area contributed by atoms with Crippen molar-refractivity contribution < 1.29 is 0 Å². The number of aromatic amines is 1. The van der Waals surface area contributed by atoms with E-state index >= 15 is 0 Å². The van der Waals surface area contributed by atoms with Crippen LogP contribution in [0.4, 0.5) is 0 Å². The second-order valence-electron chi connectivity index (χ2n) is 3.88. The van der Waals surface area contributed by atoms with Gasteiger partial charge < -0.3 is 0 Å². The molecule has 0 amide bonds. The lowest BCUT2D eigenvalue weighted by Gasteiger charge is -2.16. The molecule has 2 aromatic rings. The van der Waals surface area contributed by atoms with Gasteiger partial charge in [0.2, 0.25) is 0 Å². The van der Waals surface area contributed by atoms with Crippen LogP contribution < -0.4 is 0 Å². The highest BCUT2D eigenvalue weighted by molar-refractivity contribution is 5.82. The number of para-hydroxylation sites is 1. The zero-order chi connectivity index (χ0) is 10.2. The predicted molar refractivity (Wildman–Crippen MR) is 54.7 cm³/mol. The molecule has 0 aliphatic carbocycles. The molecule has 1 aromatic carbocycles. The number of nitrogens with zero attached hydrogens (tertiary/aromatic N) is 2. The van der Waals surface area contributed by atoms with Gasteiger partial charge in [-0.25, -0.2) is 0 Å². The lowest BCUT2D eigenvalue weighted by atomic mass is 9.85. The highest BCUT2D eigenvalue weighted by Gasteiger charge is 2.22. The fourth-order valence-corrected chi connectivity index (χ4v) is 1.55. The Morgan fingerprint density at radius 3 is 2.93 bits per heavy atom. The van der Waals surface area contributed by atoms with Crippen molar-refractivity contribution in [2.75, 3.05) is 0 Å². The summed E-state index contributed by atoms with van der Waals surface area (Å²) in [5.41, 5.74) is 1.47. The first-order valence-corrected chi connectivity index (χ1v) is 4.49. The van der Waals surface area contributed by atoms with Gasteiger partial charge in [-0.1, -0.05) is 18.2 Å². The van der Waals surface area contributed by atoms with Gasteiger partial charge in [-0.2, -0.15) is 10.4 Å². The first-order chi connectivity index (χ1) is 6.65. The van der Waals surface area contributed by atoms with Gasteiger partial charge in [0.15, 0.2) is 0 Å². The Kier molecular flexibility index (Phi) is 1.78. The molecule has 3 heteroatoms. The van der Waals surface area contributed by atoms with E-state index in [1.54, 1.807) is 6.20 Å². The molecule has 0 saturated carbocycles. The molecule has 0 bridgehead atoms. The minimum Gasteiger partial charge on any atom is -0.277 e. The van der Waals surface area contributed by atoms with Gasteiger partial charge in [0.1, 0.15) is 0 Å². The SMILES string of the molecule is CC(C)(C#N)c1cccc2cn[nH]c12. The van der Waals surface area contributed by atoms with Crippen molar-refractivity contribution in [2.45, 2.75) is 19.3 Å². The Labute approximate surface area is 82.4 Å². The number of fused-ring (bicyclic) bond motifs is 1. The molecular weight excluding hydrogens is 174 g/mol. The predicted octanol–water partition coefficient (Wildman–Crippen LogP) is 2.36. The van der Waals surface area contributed by atoms with Crippen LogP contribution in [0, 0.1) is 11.3 Å². The number of rotatable bonds is 1. The molecule has 0 spiro atoms. The molecule has 1 aromatic heterocycles. The molecule has 0 saturated heterocycles. The third kappa shape index (κ3) is 1.16. The summed E-state index contributed by atoms with van der Waals surface area (Å²) < 4.78 is 0. The van der Waals surface area contributed by atoms with Crippen molar-refractivity contribution in [1.29, 1.82) is 5.26 Å². The number of aromatic nitrogens is 2. The summed E-state index contributed by atoms with van der Waals surface area (Å²) in [6, 6.07) is 8.19. The lowest BCUT2D eigenvalue weighted by molar-refractivity contribution is 0.691. The molecule has 1 heterocycles. The van der Waals surface area contributed by atoms with Crippen LogP contribution in [0.5, 0.6) is 0 Å². The lowest BCUT2D eigenvalue weighted by Crippen LogP contribution is -2.14. The summed E-state index contributed by atoms with van der Waals surface area (Å²) in [6.07, 6.45) is 1.77. The van der Waals surface area contributed by atoms with E-state index in [0.717, 1.165) is 16.5 Å². The van der Waals surface area contributed by atoms with Crippen LogP contribution >= 0.6 is 0 Å². The molecule has 1 N–H and O–H groups in total. The summed E-state index contributed by atoms with van der Waals surface area (Å²) in [5, 5.41) is 17.0. The molecule has 70 valence electrons. The molecule has 0 fully saturated rings. The molecule has 3 nitrogen and oxygen atoms in total. The van der Waals surface area contributed by atoms with E-state index in [1.165, 1.54) is 0 Å². The summed E-state index contributed by atoms with van der Waals surface area (Å²) >= 11 is 0. The van der Waals surface area contributed by atoms with Gasteiger partial charge in [0, 0.05) is 5.39 Å². The minimum absolute atomic E-state index is 0.480. The first-order valence-electron chi connectivity index (χ1n) is 4.49. The highest BCUT2D eigenvalue weighted by atomic mass is 15.1. The van der Waals surface area contributed by atoms with Gasteiger partial charge in [0.05, 0.1) is 23.2 Å². The zero-order valence-electron chi connectivity index (χ0n) is 8.20. The van der Waals surface area contributed by atoms with E-state index < -0.39 is 5.41 Å². The molecule has 2 rings (SSSR count). The standard InChI is InChI=1S/C11H11N3/c1-11(2,7-12)9-5-3-4-8-6-13-14-10(8)9/h3-6H,1-2H3,(H,13,14). The van der Waals surface area contributed by atoms with E-state index in [1.807, 2.05) is 32.0 Å². The highest BCUT2D eigenvalue weighted by Crippen LogP contribution is 2.27. The number of benzene rings is 1. The Balaban J connectivity index is 2.75. The monoisotopic (exact) mass is 185 g/mol. The smallest absolute Gasteiger partial charge is 0.0787 e. The summed E-state index contributed by atoms with van der Waals surface area (Å²) in [7, 11) is 0. The van der Waals surface area contributed by atoms with Crippen molar-refractivity contribution in [2.24, 2.45) is 0 Å². The van der Waals surface area contributed by atoms with E-state index in [4.69, 9.17) is 5.26 Å². The molecule has 0 aliphatic heterocycles. The van der Waals surface area contributed by atoms with Crippen LogP contribution in [0.25, 0.3) is 10.9 Å². The minimum atomic E-state index is -0.480. The van der Waals surface area contributed by atoms with Gasteiger partial charge in [-0.3, -0.25) is 5.10 Å². The van der Waals surface area contributed by atoms with Crippen molar-refractivity contribution in [3.8, 4) is 6.07 Å². The number of hydrogen-bond acceptors (Lipinski definition) is 2. The van der Waals surface area contributed by atoms with Crippen molar-refractivity contribution >= 4 is 10.9 Å². The maximum atomic E-state index is 9.06. The molecule has 0 atom stereocenters.